The Morgan fingerprint density at radius 3 is 2.41 bits per heavy atom. The van der Waals surface area contributed by atoms with Crippen molar-refractivity contribution in [2.75, 3.05) is 13.7 Å². The first-order valence-corrected chi connectivity index (χ1v) is 10.2. The van der Waals surface area contributed by atoms with Gasteiger partial charge in [-0.2, -0.15) is 0 Å². The van der Waals surface area contributed by atoms with Gasteiger partial charge in [-0.15, -0.1) is 24.0 Å². The normalized spacial score (nSPS) is 10.7. The van der Waals surface area contributed by atoms with Crippen LogP contribution in [0, 0.1) is 0 Å². The number of rotatable bonds is 9. The molecule has 1 aromatic heterocycles. The third kappa shape index (κ3) is 7.56. The highest BCUT2D eigenvalue weighted by Crippen LogP contribution is 2.17. The van der Waals surface area contributed by atoms with Crippen LogP contribution in [-0.4, -0.2) is 24.2 Å². The monoisotopic (exact) mass is 544 g/mol. The van der Waals surface area contributed by atoms with Crippen molar-refractivity contribution in [3.05, 3.63) is 113 Å². The molecule has 0 fully saturated rings. The second-order valence-electron chi connectivity index (χ2n) is 6.97. The Balaban J connectivity index is 0.00000363. The van der Waals surface area contributed by atoms with E-state index in [0.717, 1.165) is 22.4 Å². The Kier molecular flexibility index (Phi) is 10.5. The van der Waals surface area contributed by atoms with Gasteiger partial charge in [0.2, 0.25) is 0 Å². The Morgan fingerprint density at radius 2 is 1.69 bits per heavy atom. The van der Waals surface area contributed by atoms with Gasteiger partial charge >= 0.3 is 0 Å². The Morgan fingerprint density at radius 1 is 1.00 bits per heavy atom. The molecule has 0 spiro atoms. The Hall–Kier alpha value is -3.07. The summed E-state index contributed by atoms with van der Waals surface area (Å²) < 4.78 is 7.39. The van der Waals surface area contributed by atoms with Crippen molar-refractivity contribution >= 4 is 29.9 Å². The van der Waals surface area contributed by atoms with E-state index in [1.54, 1.807) is 36.0 Å². The van der Waals surface area contributed by atoms with E-state index in [0.29, 0.717) is 32.2 Å². The Bertz CT molecular complexity index is 1080. The topological polar surface area (TPSA) is 67.7 Å². The van der Waals surface area contributed by atoms with Crippen molar-refractivity contribution in [1.29, 1.82) is 0 Å². The number of hydrogen-bond acceptors (Lipinski definition) is 3. The average molecular weight is 544 g/mol. The number of benzene rings is 2. The van der Waals surface area contributed by atoms with Crippen molar-refractivity contribution in [3.63, 3.8) is 0 Å². The van der Waals surface area contributed by atoms with E-state index < -0.39 is 0 Å². The van der Waals surface area contributed by atoms with Crippen molar-refractivity contribution in [2.45, 2.75) is 19.6 Å². The second kappa shape index (κ2) is 13.4. The summed E-state index contributed by atoms with van der Waals surface area (Å²) in [7, 11) is 1.75. The largest absolute Gasteiger partial charge is 0.489 e. The van der Waals surface area contributed by atoms with Gasteiger partial charge in [0.15, 0.2) is 5.96 Å². The first-order chi connectivity index (χ1) is 15.2. The number of para-hydroxylation sites is 1. The van der Waals surface area contributed by atoms with Crippen LogP contribution >= 0.6 is 24.0 Å². The minimum atomic E-state index is -0.000387. The lowest BCUT2D eigenvalue weighted by atomic mass is 10.1. The minimum Gasteiger partial charge on any atom is -0.489 e. The molecular formula is C25H29IN4O2. The van der Waals surface area contributed by atoms with E-state index in [9.17, 15) is 4.79 Å². The van der Waals surface area contributed by atoms with Crippen LogP contribution in [0.4, 0.5) is 0 Å². The molecule has 3 aromatic rings. The smallest absolute Gasteiger partial charge is 0.250 e. The number of aromatic nitrogens is 1. The van der Waals surface area contributed by atoms with Gasteiger partial charge in [0.25, 0.3) is 5.56 Å². The summed E-state index contributed by atoms with van der Waals surface area (Å²) >= 11 is 0. The van der Waals surface area contributed by atoms with Crippen molar-refractivity contribution in [1.82, 2.24) is 15.2 Å². The summed E-state index contributed by atoms with van der Waals surface area (Å²) in [5, 5.41) is 6.64. The first-order valence-electron chi connectivity index (χ1n) is 10.2. The number of halogens is 1. The summed E-state index contributed by atoms with van der Waals surface area (Å²) in [5.74, 6) is 1.54. The van der Waals surface area contributed by atoms with Crippen LogP contribution in [0.25, 0.3) is 0 Å². The lowest BCUT2D eigenvalue weighted by Gasteiger charge is -2.14. The number of hydrogen-bond donors (Lipinski definition) is 2. The molecule has 6 nitrogen and oxygen atoms in total. The molecule has 0 aliphatic carbocycles. The van der Waals surface area contributed by atoms with Crippen LogP contribution in [0.1, 0.15) is 16.7 Å². The highest BCUT2D eigenvalue weighted by atomic mass is 127. The molecule has 0 atom stereocenters. The summed E-state index contributed by atoms with van der Waals surface area (Å²) in [5.41, 5.74) is 3.25. The second-order valence-corrected chi connectivity index (χ2v) is 6.97. The zero-order valence-electron chi connectivity index (χ0n) is 18.2. The number of aliphatic imine (C=N–C) groups is 1. The van der Waals surface area contributed by atoms with Gasteiger partial charge in [-0.1, -0.05) is 61.2 Å². The van der Waals surface area contributed by atoms with Gasteiger partial charge in [0, 0.05) is 38.0 Å². The zero-order valence-corrected chi connectivity index (χ0v) is 20.5. The van der Waals surface area contributed by atoms with Gasteiger partial charge in [-0.25, -0.2) is 0 Å². The van der Waals surface area contributed by atoms with Gasteiger partial charge in [-0.05, 0) is 23.3 Å². The quantitative estimate of drug-likeness (QED) is 0.185. The van der Waals surface area contributed by atoms with Crippen molar-refractivity contribution < 1.29 is 4.74 Å². The van der Waals surface area contributed by atoms with Gasteiger partial charge in [-0.3, -0.25) is 9.79 Å². The van der Waals surface area contributed by atoms with E-state index in [1.165, 1.54) is 0 Å². The van der Waals surface area contributed by atoms with E-state index in [1.807, 2.05) is 42.5 Å². The predicted molar refractivity (Wildman–Crippen MR) is 141 cm³/mol. The number of guanidine groups is 1. The van der Waals surface area contributed by atoms with Crippen LogP contribution in [0.15, 0.2) is 95.4 Å². The lowest BCUT2D eigenvalue weighted by Crippen LogP contribution is -2.36. The molecule has 0 amide bonds. The molecule has 0 aliphatic heterocycles. The third-order valence-electron chi connectivity index (χ3n) is 4.73. The molecule has 0 bridgehead atoms. The summed E-state index contributed by atoms with van der Waals surface area (Å²) in [6, 6.07) is 21.3. The van der Waals surface area contributed by atoms with Gasteiger partial charge < -0.3 is 19.9 Å². The van der Waals surface area contributed by atoms with Gasteiger partial charge in [0.05, 0.1) is 6.54 Å². The number of nitrogens with zero attached hydrogens (tertiary/aromatic N) is 2. The number of nitrogens with one attached hydrogen (secondary N) is 2. The summed E-state index contributed by atoms with van der Waals surface area (Å²) in [4.78, 5) is 16.2. The van der Waals surface area contributed by atoms with E-state index in [4.69, 9.17) is 4.74 Å². The van der Waals surface area contributed by atoms with Crippen LogP contribution in [0.3, 0.4) is 0 Å². The number of ether oxygens (including phenoxy) is 1. The van der Waals surface area contributed by atoms with E-state index >= 15 is 0 Å². The molecule has 168 valence electrons. The van der Waals surface area contributed by atoms with Crippen LogP contribution < -0.4 is 20.9 Å². The highest BCUT2D eigenvalue weighted by molar-refractivity contribution is 14.0. The van der Waals surface area contributed by atoms with E-state index in [2.05, 4.69) is 34.3 Å². The first kappa shape index (κ1) is 25.2. The van der Waals surface area contributed by atoms with Crippen LogP contribution in [0.2, 0.25) is 0 Å². The summed E-state index contributed by atoms with van der Waals surface area (Å²) in [6.07, 6.45) is 3.53. The third-order valence-corrected chi connectivity index (χ3v) is 4.73. The van der Waals surface area contributed by atoms with Crippen molar-refractivity contribution in [2.24, 2.45) is 4.99 Å². The molecule has 0 saturated heterocycles. The van der Waals surface area contributed by atoms with Crippen molar-refractivity contribution in [3.8, 4) is 5.75 Å². The molecule has 0 saturated carbocycles. The summed E-state index contributed by atoms with van der Waals surface area (Å²) in [6.45, 7) is 5.96. The maximum atomic E-state index is 11.9. The average Bonchev–Trinajstić information content (AvgIpc) is 2.81. The Labute approximate surface area is 206 Å². The molecule has 32 heavy (non-hydrogen) atoms. The molecular weight excluding hydrogens is 515 g/mol. The predicted octanol–water partition coefficient (Wildman–Crippen LogP) is 3.94. The van der Waals surface area contributed by atoms with Crippen LogP contribution in [-0.2, 0) is 19.6 Å². The fourth-order valence-electron chi connectivity index (χ4n) is 3.08. The molecule has 0 aliphatic rings. The molecule has 3 rings (SSSR count). The maximum absolute atomic E-state index is 11.9. The maximum Gasteiger partial charge on any atom is 0.250 e. The highest BCUT2D eigenvalue weighted by Gasteiger charge is 2.05. The van der Waals surface area contributed by atoms with E-state index in [-0.39, 0.29) is 29.5 Å². The molecule has 2 aromatic carbocycles. The fraction of sp³-hybridized carbons (Fsp3) is 0.200. The molecule has 1 heterocycles. The standard InChI is InChI=1S/C25H28N4O2.HI/c1-3-16-31-23-9-5-4-8-22(23)18-28-25(26-2)27-17-20-11-13-21(14-12-20)19-29-15-7-6-10-24(29)30;/h3-15H,1,16-19H2,2H3,(H2,26,27,28);1H. The molecule has 0 radical (unpaired) electrons. The van der Waals surface area contributed by atoms with Crippen LogP contribution in [0.5, 0.6) is 5.75 Å². The lowest BCUT2D eigenvalue weighted by molar-refractivity contribution is 0.358. The molecule has 0 unspecified atom stereocenters. The molecule has 2 N–H and O–H groups in total. The number of pyridine rings is 1. The SMILES string of the molecule is C=CCOc1ccccc1CNC(=NC)NCc1ccc(Cn2ccccc2=O)cc1.I. The van der Waals surface area contributed by atoms with Gasteiger partial charge in [0.1, 0.15) is 12.4 Å². The minimum absolute atomic E-state index is 0. The zero-order chi connectivity index (χ0) is 21.9. The fourth-order valence-corrected chi connectivity index (χ4v) is 3.08. The molecule has 7 heteroatoms.